The van der Waals surface area contributed by atoms with Crippen molar-refractivity contribution in [1.29, 1.82) is 0 Å². The number of halogens is 1. The Kier molecular flexibility index (Phi) is 4.22. The minimum absolute atomic E-state index is 0.0643. The highest BCUT2D eigenvalue weighted by Gasteiger charge is 2.31. The summed E-state index contributed by atoms with van der Waals surface area (Å²) >= 11 is 0. The van der Waals surface area contributed by atoms with E-state index in [4.69, 9.17) is 0 Å². The number of likely N-dealkylation sites (tertiary alicyclic amines) is 1. The Labute approximate surface area is 129 Å². The van der Waals surface area contributed by atoms with Crippen LogP contribution in [0.4, 0.5) is 4.39 Å². The Morgan fingerprint density at radius 2 is 2.18 bits per heavy atom. The summed E-state index contributed by atoms with van der Waals surface area (Å²) in [5.74, 6) is 0.772. The zero-order valence-corrected chi connectivity index (χ0v) is 12.7. The van der Waals surface area contributed by atoms with Crippen molar-refractivity contribution in [3.05, 3.63) is 53.4 Å². The van der Waals surface area contributed by atoms with Gasteiger partial charge in [0, 0.05) is 24.9 Å². The molecule has 116 valence electrons. The van der Waals surface area contributed by atoms with E-state index in [-0.39, 0.29) is 17.8 Å². The molecular weight excluding hydrogens is 281 g/mol. The third-order valence-electron chi connectivity index (χ3n) is 4.15. The average Bonchev–Trinajstić information content (AvgIpc) is 3.14. The fourth-order valence-electron chi connectivity index (χ4n) is 3.00. The second-order valence-electron chi connectivity index (χ2n) is 5.82. The fourth-order valence-corrected chi connectivity index (χ4v) is 3.00. The van der Waals surface area contributed by atoms with Gasteiger partial charge in [0.1, 0.15) is 11.6 Å². The molecular formula is C17H20FN3O. The van der Waals surface area contributed by atoms with Crippen molar-refractivity contribution < 1.29 is 9.18 Å². The average molecular weight is 301 g/mol. The number of hydrogen-bond donors (Lipinski definition) is 1. The summed E-state index contributed by atoms with van der Waals surface area (Å²) in [5.41, 5.74) is 2.00. The first-order valence-corrected chi connectivity index (χ1v) is 7.69. The Hall–Kier alpha value is -2.17. The molecule has 5 heteroatoms. The first-order valence-electron chi connectivity index (χ1n) is 7.69. The quantitative estimate of drug-likeness (QED) is 0.943. The van der Waals surface area contributed by atoms with Crippen LogP contribution in [0.15, 0.2) is 30.5 Å². The third kappa shape index (κ3) is 3.18. The molecule has 1 amide bonds. The minimum Gasteiger partial charge on any atom is -0.344 e. The zero-order chi connectivity index (χ0) is 15.5. The summed E-state index contributed by atoms with van der Waals surface area (Å²) < 4.78 is 12.9. The maximum absolute atomic E-state index is 12.9. The number of nitrogens with zero attached hydrogens (tertiary/aromatic N) is 2. The number of benzene rings is 1. The van der Waals surface area contributed by atoms with Gasteiger partial charge in [-0.25, -0.2) is 9.37 Å². The Bertz CT molecular complexity index is 650. The van der Waals surface area contributed by atoms with Gasteiger partial charge in [0.2, 0.25) is 5.91 Å². The van der Waals surface area contributed by atoms with Crippen LogP contribution in [0.25, 0.3) is 0 Å². The lowest BCUT2D eigenvalue weighted by Gasteiger charge is -2.23. The number of aryl methyl sites for hydroxylation is 2. The van der Waals surface area contributed by atoms with E-state index in [1.54, 1.807) is 18.3 Å². The summed E-state index contributed by atoms with van der Waals surface area (Å²) in [6, 6.07) is 6.41. The standard InChI is InChI=1S/C17H20FN3O/c1-12-11-19-17(20-12)15-3-2-10-21(15)16(22)9-6-13-4-7-14(18)8-5-13/h4-5,7-8,11,15H,2-3,6,9-10H2,1H3,(H,19,20). The summed E-state index contributed by atoms with van der Waals surface area (Å²) in [6.07, 6.45) is 4.85. The normalized spacial score (nSPS) is 17.9. The number of aromatic nitrogens is 2. The minimum atomic E-state index is -0.247. The van der Waals surface area contributed by atoms with Gasteiger partial charge in [0.15, 0.2) is 0 Å². The lowest BCUT2D eigenvalue weighted by Crippen LogP contribution is -2.31. The van der Waals surface area contributed by atoms with Gasteiger partial charge in [-0.05, 0) is 43.9 Å². The van der Waals surface area contributed by atoms with Crippen molar-refractivity contribution in [2.24, 2.45) is 0 Å². The monoisotopic (exact) mass is 301 g/mol. The second kappa shape index (κ2) is 6.30. The van der Waals surface area contributed by atoms with Crippen LogP contribution >= 0.6 is 0 Å². The van der Waals surface area contributed by atoms with Crippen molar-refractivity contribution in [1.82, 2.24) is 14.9 Å². The van der Waals surface area contributed by atoms with E-state index in [0.29, 0.717) is 12.8 Å². The van der Waals surface area contributed by atoms with Crippen LogP contribution in [0.1, 0.15) is 42.4 Å². The fraction of sp³-hybridized carbons (Fsp3) is 0.412. The van der Waals surface area contributed by atoms with Crippen molar-refractivity contribution in [3.8, 4) is 0 Å². The summed E-state index contributed by atoms with van der Waals surface area (Å²) in [7, 11) is 0. The SMILES string of the molecule is Cc1cnc(C2CCCN2C(=O)CCc2ccc(F)cc2)[nH]1. The van der Waals surface area contributed by atoms with Gasteiger partial charge in [0.05, 0.1) is 6.04 Å². The first-order chi connectivity index (χ1) is 10.6. The number of imidazole rings is 1. The largest absolute Gasteiger partial charge is 0.344 e. The van der Waals surface area contributed by atoms with Crippen molar-refractivity contribution in [3.63, 3.8) is 0 Å². The predicted molar refractivity (Wildman–Crippen MR) is 81.7 cm³/mol. The van der Waals surface area contributed by atoms with Gasteiger partial charge in [0.25, 0.3) is 0 Å². The Balaban J connectivity index is 1.62. The van der Waals surface area contributed by atoms with E-state index in [9.17, 15) is 9.18 Å². The van der Waals surface area contributed by atoms with Crippen LogP contribution in [0, 0.1) is 12.7 Å². The van der Waals surface area contributed by atoms with Gasteiger partial charge in [-0.1, -0.05) is 12.1 Å². The molecule has 1 atom stereocenters. The number of amides is 1. The molecule has 4 nitrogen and oxygen atoms in total. The number of hydrogen-bond acceptors (Lipinski definition) is 2. The van der Waals surface area contributed by atoms with Crippen LogP contribution in [0.3, 0.4) is 0 Å². The molecule has 1 aromatic carbocycles. The van der Waals surface area contributed by atoms with Crippen LogP contribution in [0.5, 0.6) is 0 Å². The molecule has 1 unspecified atom stereocenters. The third-order valence-corrected chi connectivity index (χ3v) is 4.15. The van der Waals surface area contributed by atoms with E-state index in [1.807, 2.05) is 11.8 Å². The van der Waals surface area contributed by atoms with E-state index in [0.717, 1.165) is 36.5 Å². The van der Waals surface area contributed by atoms with Gasteiger partial charge in [-0.15, -0.1) is 0 Å². The first kappa shape index (κ1) is 14.8. The Morgan fingerprint density at radius 3 is 2.86 bits per heavy atom. The smallest absolute Gasteiger partial charge is 0.223 e. The maximum atomic E-state index is 12.9. The summed E-state index contributed by atoms with van der Waals surface area (Å²) in [4.78, 5) is 22.0. The summed E-state index contributed by atoms with van der Waals surface area (Å²) in [6.45, 7) is 2.75. The van der Waals surface area contributed by atoms with E-state index in [1.165, 1.54) is 12.1 Å². The van der Waals surface area contributed by atoms with Gasteiger partial charge in [-0.3, -0.25) is 4.79 Å². The molecule has 1 aliphatic heterocycles. The van der Waals surface area contributed by atoms with Gasteiger partial charge < -0.3 is 9.88 Å². The molecule has 0 bridgehead atoms. The van der Waals surface area contributed by atoms with Gasteiger partial charge in [-0.2, -0.15) is 0 Å². The van der Waals surface area contributed by atoms with E-state index >= 15 is 0 Å². The molecule has 1 aromatic heterocycles. The van der Waals surface area contributed by atoms with Crippen molar-refractivity contribution >= 4 is 5.91 Å². The van der Waals surface area contributed by atoms with Crippen molar-refractivity contribution in [2.45, 2.75) is 38.6 Å². The van der Waals surface area contributed by atoms with Crippen LogP contribution in [-0.2, 0) is 11.2 Å². The molecule has 0 saturated carbocycles. The van der Waals surface area contributed by atoms with Crippen LogP contribution < -0.4 is 0 Å². The Morgan fingerprint density at radius 1 is 1.41 bits per heavy atom. The number of H-pyrrole nitrogens is 1. The zero-order valence-electron chi connectivity index (χ0n) is 12.7. The van der Waals surface area contributed by atoms with E-state index < -0.39 is 0 Å². The molecule has 2 heterocycles. The molecule has 22 heavy (non-hydrogen) atoms. The molecule has 2 aromatic rings. The van der Waals surface area contributed by atoms with Gasteiger partial charge >= 0.3 is 0 Å². The number of nitrogens with one attached hydrogen (secondary N) is 1. The highest BCUT2D eigenvalue weighted by Crippen LogP contribution is 2.30. The topological polar surface area (TPSA) is 49.0 Å². The predicted octanol–water partition coefficient (Wildman–Crippen LogP) is 3.15. The molecule has 1 fully saturated rings. The number of carbonyl (C=O) groups excluding carboxylic acids is 1. The second-order valence-corrected chi connectivity index (χ2v) is 5.82. The number of rotatable bonds is 4. The van der Waals surface area contributed by atoms with Crippen molar-refractivity contribution in [2.75, 3.05) is 6.54 Å². The highest BCUT2D eigenvalue weighted by molar-refractivity contribution is 5.77. The number of aromatic amines is 1. The lowest BCUT2D eigenvalue weighted by atomic mass is 10.1. The highest BCUT2D eigenvalue weighted by atomic mass is 19.1. The molecule has 0 aliphatic carbocycles. The molecule has 0 radical (unpaired) electrons. The molecule has 0 spiro atoms. The lowest BCUT2D eigenvalue weighted by molar-refractivity contribution is -0.132. The van der Waals surface area contributed by atoms with E-state index in [2.05, 4.69) is 9.97 Å². The molecule has 1 aliphatic rings. The van der Waals surface area contributed by atoms with Crippen LogP contribution in [0.2, 0.25) is 0 Å². The molecule has 1 N–H and O–H groups in total. The summed E-state index contributed by atoms with van der Waals surface area (Å²) in [5, 5.41) is 0. The van der Waals surface area contributed by atoms with Crippen LogP contribution in [-0.4, -0.2) is 27.3 Å². The number of carbonyl (C=O) groups is 1. The molecule has 3 rings (SSSR count). The maximum Gasteiger partial charge on any atom is 0.223 e. The molecule has 1 saturated heterocycles.